The quantitative estimate of drug-likeness (QED) is 0.270. The minimum absolute atomic E-state index is 0.0114. The van der Waals surface area contributed by atoms with Crippen molar-refractivity contribution >= 4 is 11.3 Å². The second kappa shape index (κ2) is 11.6. The van der Waals surface area contributed by atoms with E-state index in [-0.39, 0.29) is 16.2 Å². The topological polar surface area (TPSA) is 73.6 Å². The van der Waals surface area contributed by atoms with Crippen LogP contribution in [0.25, 0.3) is 0 Å². The first kappa shape index (κ1) is 29.9. The number of fused-ring (bicyclic) bond motifs is 1. The number of hydrogen-bond acceptors (Lipinski definition) is 5. The van der Waals surface area contributed by atoms with Crippen LogP contribution in [-0.2, 0) is 11.8 Å². The molecule has 4 saturated carbocycles. The van der Waals surface area contributed by atoms with Gasteiger partial charge in [0.2, 0.25) is 0 Å². The Morgan fingerprint density at radius 2 is 1.98 bits per heavy atom. The number of aromatic nitrogens is 1. The summed E-state index contributed by atoms with van der Waals surface area (Å²) in [5.74, 6) is 1.10. The Kier molecular flexibility index (Phi) is 8.70. The van der Waals surface area contributed by atoms with Crippen LogP contribution in [0.1, 0.15) is 109 Å². The molecule has 6 atom stereocenters. The van der Waals surface area contributed by atoms with Gasteiger partial charge in [-0.15, -0.1) is 11.3 Å². The number of aryl methyl sites for hydroxylation is 1. The maximum absolute atomic E-state index is 11.4. The van der Waals surface area contributed by atoms with Crippen LogP contribution in [0.3, 0.4) is 0 Å². The molecule has 1 heterocycles. The highest BCUT2D eigenvalue weighted by atomic mass is 32.1. The largest absolute Gasteiger partial charge is 0.393 e. The summed E-state index contributed by atoms with van der Waals surface area (Å²) in [6, 6.07) is 0. The van der Waals surface area contributed by atoms with Gasteiger partial charge in [0.15, 0.2) is 0 Å². The highest BCUT2D eigenvalue weighted by Gasteiger charge is 2.54. The summed E-state index contributed by atoms with van der Waals surface area (Å²) in [5, 5.41) is 35.2. The summed E-state index contributed by atoms with van der Waals surface area (Å²) in [6.45, 7) is 13.6. The maximum atomic E-state index is 11.4. The molecule has 5 rings (SSSR count). The summed E-state index contributed by atoms with van der Waals surface area (Å²) in [5.41, 5.74) is 4.50. The lowest BCUT2D eigenvalue weighted by molar-refractivity contribution is 0.0706. The van der Waals surface area contributed by atoms with Gasteiger partial charge in [-0.1, -0.05) is 70.6 Å². The standard InChI is InChI=1S/C35H51NO3S/c1-6-7-10-26-22-40-32(36-26)35(18-19-35)31(39)15-17-33(3,4)30-14-13-28-24(9-8-16-34(28,30)5)11-12-25-20-27(37)21-29(38)23(25)2/h11-12,15,17,22,27-31,37-39H,2,6-10,13-14,16,18-21H2,1,3-5H3/b17-15+,24-11+,25-12-/t27-,28+,29+,30-,31-,34+/m1/s1. The fourth-order valence-electron chi connectivity index (χ4n) is 8.35. The van der Waals surface area contributed by atoms with Gasteiger partial charge in [-0.25, -0.2) is 4.98 Å². The molecule has 0 aliphatic heterocycles. The number of nitrogens with zero attached hydrogens (tertiary/aromatic N) is 1. The van der Waals surface area contributed by atoms with Crippen molar-refractivity contribution in [3.63, 3.8) is 0 Å². The molecule has 0 saturated heterocycles. The molecule has 1 aromatic rings. The first-order chi connectivity index (χ1) is 19.0. The smallest absolute Gasteiger partial charge is 0.102 e. The van der Waals surface area contributed by atoms with Gasteiger partial charge in [0.05, 0.1) is 29.4 Å². The molecule has 4 aliphatic rings. The van der Waals surface area contributed by atoms with E-state index in [2.05, 4.69) is 64.0 Å². The van der Waals surface area contributed by atoms with Crippen molar-refractivity contribution in [2.75, 3.05) is 0 Å². The van der Waals surface area contributed by atoms with E-state index < -0.39 is 18.3 Å². The van der Waals surface area contributed by atoms with E-state index in [4.69, 9.17) is 4.98 Å². The summed E-state index contributed by atoms with van der Waals surface area (Å²) in [6.07, 6.45) is 19.6. The van der Waals surface area contributed by atoms with Crippen LogP contribution in [-0.4, -0.2) is 38.6 Å². The van der Waals surface area contributed by atoms with Crippen molar-refractivity contribution in [3.05, 3.63) is 63.7 Å². The average molecular weight is 566 g/mol. The maximum Gasteiger partial charge on any atom is 0.102 e. The Morgan fingerprint density at radius 1 is 1.20 bits per heavy atom. The van der Waals surface area contributed by atoms with Crippen LogP contribution >= 0.6 is 11.3 Å². The Bertz CT molecular complexity index is 1170. The Labute approximate surface area is 246 Å². The molecule has 0 unspecified atom stereocenters. The van der Waals surface area contributed by atoms with E-state index in [1.165, 1.54) is 49.8 Å². The number of aliphatic hydroxyl groups excluding tert-OH is 3. The van der Waals surface area contributed by atoms with E-state index in [0.717, 1.165) is 41.8 Å². The second-order valence-corrected chi connectivity index (χ2v) is 15.0. The summed E-state index contributed by atoms with van der Waals surface area (Å²) in [4.78, 5) is 4.94. The molecular weight excluding hydrogens is 514 g/mol. The fraction of sp³-hybridized carbons (Fsp3) is 0.686. The van der Waals surface area contributed by atoms with Gasteiger partial charge in [0.1, 0.15) is 5.01 Å². The van der Waals surface area contributed by atoms with Gasteiger partial charge in [0, 0.05) is 11.8 Å². The predicted molar refractivity (Wildman–Crippen MR) is 165 cm³/mol. The SMILES string of the molecule is C=C1/C(=C\C=C2/CCC[C@]3(C)[C@@H](C(C)(C)/C=C/[C@@H](O)C4(c5nc(CCCC)cs5)CC4)CC[C@@H]23)C[C@@H](O)C[C@@H]1O. The number of aliphatic hydroxyl groups is 3. The first-order valence-electron chi connectivity index (χ1n) is 15.8. The molecule has 1 aromatic heterocycles. The molecule has 0 spiro atoms. The van der Waals surface area contributed by atoms with Crippen molar-refractivity contribution in [1.29, 1.82) is 0 Å². The lowest BCUT2D eigenvalue weighted by atomic mass is 9.57. The van der Waals surface area contributed by atoms with Crippen molar-refractivity contribution < 1.29 is 15.3 Å². The van der Waals surface area contributed by atoms with Gasteiger partial charge < -0.3 is 15.3 Å². The zero-order chi connectivity index (χ0) is 28.7. The molecule has 0 radical (unpaired) electrons. The number of allylic oxidation sites excluding steroid dienone is 4. The van der Waals surface area contributed by atoms with Gasteiger partial charge in [-0.3, -0.25) is 0 Å². The molecular formula is C35H51NO3S. The zero-order valence-electron chi connectivity index (χ0n) is 25.2. The molecule has 4 nitrogen and oxygen atoms in total. The monoisotopic (exact) mass is 565 g/mol. The van der Waals surface area contributed by atoms with Crippen molar-refractivity contribution in [2.24, 2.45) is 22.7 Å². The second-order valence-electron chi connectivity index (χ2n) is 14.1. The van der Waals surface area contributed by atoms with E-state index in [1.807, 2.05) is 0 Å². The van der Waals surface area contributed by atoms with Gasteiger partial charge in [-0.2, -0.15) is 0 Å². The molecule has 4 fully saturated rings. The molecule has 3 N–H and O–H groups in total. The third kappa shape index (κ3) is 5.73. The third-order valence-corrected chi connectivity index (χ3v) is 12.1. The summed E-state index contributed by atoms with van der Waals surface area (Å²) in [7, 11) is 0. The summed E-state index contributed by atoms with van der Waals surface area (Å²) >= 11 is 1.74. The average Bonchev–Trinajstić information content (AvgIpc) is 3.43. The molecule has 0 bridgehead atoms. The van der Waals surface area contributed by atoms with E-state index >= 15 is 0 Å². The minimum atomic E-state index is -0.641. The lowest BCUT2D eigenvalue weighted by Crippen LogP contribution is -2.39. The molecule has 40 heavy (non-hydrogen) atoms. The van der Waals surface area contributed by atoms with Crippen LogP contribution in [0, 0.1) is 22.7 Å². The van der Waals surface area contributed by atoms with Crippen molar-refractivity contribution in [1.82, 2.24) is 4.98 Å². The van der Waals surface area contributed by atoms with Crippen LogP contribution < -0.4 is 0 Å². The zero-order valence-corrected chi connectivity index (χ0v) is 26.0. The predicted octanol–water partition coefficient (Wildman–Crippen LogP) is 7.60. The third-order valence-electron chi connectivity index (χ3n) is 11.0. The molecule has 0 aromatic carbocycles. The van der Waals surface area contributed by atoms with Crippen LogP contribution in [0.2, 0.25) is 0 Å². The Balaban J connectivity index is 1.30. The summed E-state index contributed by atoms with van der Waals surface area (Å²) < 4.78 is 0. The number of hydrogen-bond donors (Lipinski definition) is 3. The number of unbranched alkanes of at least 4 members (excludes halogenated alkanes) is 1. The first-order valence-corrected chi connectivity index (χ1v) is 16.7. The van der Waals surface area contributed by atoms with Gasteiger partial charge in [0.25, 0.3) is 0 Å². The normalized spacial score (nSPS) is 35.0. The lowest BCUT2D eigenvalue weighted by Gasteiger charge is -2.47. The van der Waals surface area contributed by atoms with Crippen LogP contribution in [0.15, 0.2) is 53.0 Å². The van der Waals surface area contributed by atoms with E-state index in [1.54, 1.807) is 11.3 Å². The van der Waals surface area contributed by atoms with Crippen molar-refractivity contribution in [2.45, 2.75) is 128 Å². The van der Waals surface area contributed by atoms with Crippen LogP contribution in [0.5, 0.6) is 0 Å². The molecule has 4 aliphatic carbocycles. The molecule has 220 valence electrons. The minimum Gasteiger partial charge on any atom is -0.393 e. The van der Waals surface area contributed by atoms with Crippen molar-refractivity contribution in [3.8, 4) is 0 Å². The number of thiazole rings is 1. The number of rotatable bonds is 9. The highest BCUT2D eigenvalue weighted by molar-refractivity contribution is 7.09. The Hall–Kier alpha value is -1.53. The van der Waals surface area contributed by atoms with E-state index in [0.29, 0.717) is 24.7 Å². The molecule has 5 heteroatoms. The fourth-order valence-corrected chi connectivity index (χ4v) is 9.49. The highest BCUT2D eigenvalue weighted by Crippen LogP contribution is 2.62. The van der Waals surface area contributed by atoms with E-state index in [9.17, 15) is 15.3 Å². The molecule has 0 amide bonds. The van der Waals surface area contributed by atoms with Gasteiger partial charge >= 0.3 is 0 Å². The van der Waals surface area contributed by atoms with Gasteiger partial charge in [-0.05, 0) is 98.0 Å². The Morgan fingerprint density at radius 3 is 2.70 bits per heavy atom. The van der Waals surface area contributed by atoms with Crippen LogP contribution in [0.4, 0.5) is 0 Å².